The molecule has 19 heavy (non-hydrogen) atoms. The number of nitrogens with one attached hydrogen (secondary N) is 1. The summed E-state index contributed by atoms with van der Waals surface area (Å²) in [6, 6.07) is 9.42. The lowest BCUT2D eigenvalue weighted by Crippen LogP contribution is -2.46. The predicted molar refractivity (Wildman–Crippen MR) is 75.5 cm³/mol. The number of rotatable bonds is 1. The quantitative estimate of drug-likeness (QED) is 0.807. The highest BCUT2D eigenvalue weighted by Gasteiger charge is 2.39. The van der Waals surface area contributed by atoms with Gasteiger partial charge in [0.15, 0.2) is 0 Å². The van der Waals surface area contributed by atoms with Crippen molar-refractivity contribution in [2.24, 2.45) is 0 Å². The van der Waals surface area contributed by atoms with Crippen LogP contribution in [0.2, 0.25) is 0 Å². The van der Waals surface area contributed by atoms with Gasteiger partial charge in [0.25, 0.3) is 5.91 Å². The van der Waals surface area contributed by atoms with Crippen molar-refractivity contribution in [1.29, 1.82) is 0 Å². The number of amides is 1. The fraction of sp³-hybridized carbons (Fsp3) is 0.357. The van der Waals surface area contributed by atoms with Crippen LogP contribution in [0.25, 0.3) is 0 Å². The fourth-order valence-electron chi connectivity index (χ4n) is 2.54. The Hall–Kier alpha value is -1.33. The minimum atomic E-state index is -0.258. The molecule has 1 aromatic rings. The van der Waals surface area contributed by atoms with Gasteiger partial charge in [-0.3, -0.25) is 15.1 Å². The standard InChI is InChI=1S/C14H15BrN2O2/c15-12-10-14(19-16-12)6-8-17(9-7-14)13(18)11-4-2-1-3-5-11/h1-5,10,16H,6-9H2. The van der Waals surface area contributed by atoms with E-state index in [1.807, 2.05) is 35.2 Å². The minimum Gasteiger partial charge on any atom is -0.338 e. The Morgan fingerprint density at radius 1 is 1.26 bits per heavy atom. The number of halogens is 1. The zero-order chi connectivity index (χ0) is 13.3. The van der Waals surface area contributed by atoms with Crippen LogP contribution in [0.5, 0.6) is 0 Å². The molecule has 0 radical (unpaired) electrons. The molecule has 2 aliphatic heterocycles. The van der Waals surface area contributed by atoms with E-state index in [1.54, 1.807) is 0 Å². The predicted octanol–water partition coefficient (Wildman–Crippen LogP) is 2.43. The molecule has 0 atom stereocenters. The van der Waals surface area contributed by atoms with Crippen LogP contribution >= 0.6 is 15.9 Å². The number of benzene rings is 1. The average molecular weight is 323 g/mol. The number of hydroxylamine groups is 1. The zero-order valence-electron chi connectivity index (χ0n) is 10.4. The molecule has 0 unspecified atom stereocenters. The SMILES string of the molecule is O=C(c1ccccc1)N1CCC2(C=C(Br)NO2)CC1. The minimum absolute atomic E-state index is 0.101. The first-order chi connectivity index (χ1) is 9.19. The number of likely N-dealkylation sites (tertiary alicyclic amines) is 1. The lowest BCUT2D eigenvalue weighted by Gasteiger charge is -2.36. The first kappa shape index (κ1) is 12.7. The third-order valence-corrected chi connectivity index (χ3v) is 4.05. The highest BCUT2D eigenvalue weighted by Crippen LogP contribution is 2.33. The molecule has 1 saturated heterocycles. The third kappa shape index (κ3) is 2.53. The Labute approximate surface area is 120 Å². The molecule has 0 aliphatic carbocycles. The maximum atomic E-state index is 12.3. The molecular formula is C14H15BrN2O2. The Bertz CT molecular complexity index is 507. The largest absolute Gasteiger partial charge is 0.338 e. The summed E-state index contributed by atoms with van der Waals surface area (Å²) in [6.07, 6.45) is 3.68. The second kappa shape index (κ2) is 4.98. The van der Waals surface area contributed by atoms with Crippen molar-refractivity contribution in [2.75, 3.05) is 13.1 Å². The van der Waals surface area contributed by atoms with Crippen molar-refractivity contribution >= 4 is 21.8 Å². The Balaban J connectivity index is 1.66. The Morgan fingerprint density at radius 3 is 2.53 bits per heavy atom. The van der Waals surface area contributed by atoms with Crippen LogP contribution in [0.3, 0.4) is 0 Å². The average Bonchev–Trinajstić information content (AvgIpc) is 2.81. The number of piperidine rings is 1. The van der Waals surface area contributed by atoms with Crippen molar-refractivity contribution in [2.45, 2.75) is 18.4 Å². The summed E-state index contributed by atoms with van der Waals surface area (Å²) in [4.78, 5) is 19.8. The first-order valence-electron chi connectivity index (χ1n) is 6.35. The molecule has 1 N–H and O–H groups in total. The third-order valence-electron chi connectivity index (χ3n) is 3.66. The summed E-state index contributed by atoms with van der Waals surface area (Å²) < 4.78 is 0.871. The molecule has 1 amide bonds. The van der Waals surface area contributed by atoms with E-state index in [2.05, 4.69) is 27.5 Å². The number of nitrogens with zero attached hydrogens (tertiary/aromatic N) is 1. The van der Waals surface area contributed by atoms with Gasteiger partial charge in [-0.25, -0.2) is 0 Å². The normalized spacial score (nSPS) is 21.1. The van der Waals surface area contributed by atoms with E-state index in [9.17, 15) is 4.79 Å². The molecule has 1 fully saturated rings. The molecule has 0 bridgehead atoms. The van der Waals surface area contributed by atoms with Gasteiger partial charge in [0.2, 0.25) is 0 Å². The van der Waals surface area contributed by atoms with Crippen molar-refractivity contribution < 1.29 is 9.63 Å². The molecular weight excluding hydrogens is 308 g/mol. The highest BCUT2D eigenvalue weighted by atomic mass is 79.9. The van der Waals surface area contributed by atoms with E-state index in [4.69, 9.17) is 4.84 Å². The summed E-state index contributed by atoms with van der Waals surface area (Å²) in [6.45, 7) is 1.43. The molecule has 1 spiro atoms. The molecule has 3 rings (SSSR count). The summed E-state index contributed by atoms with van der Waals surface area (Å²) >= 11 is 3.37. The van der Waals surface area contributed by atoms with Crippen LogP contribution in [0, 0.1) is 0 Å². The van der Waals surface area contributed by atoms with Crippen molar-refractivity contribution in [3.63, 3.8) is 0 Å². The first-order valence-corrected chi connectivity index (χ1v) is 7.15. The topological polar surface area (TPSA) is 41.6 Å². The van der Waals surface area contributed by atoms with E-state index >= 15 is 0 Å². The molecule has 2 heterocycles. The van der Waals surface area contributed by atoms with Gasteiger partial charge in [-0.15, -0.1) is 0 Å². The zero-order valence-corrected chi connectivity index (χ0v) is 12.0. The number of hydrogen-bond donors (Lipinski definition) is 1. The van der Waals surface area contributed by atoms with E-state index < -0.39 is 0 Å². The van der Waals surface area contributed by atoms with Crippen molar-refractivity contribution in [3.05, 3.63) is 46.6 Å². The summed E-state index contributed by atoms with van der Waals surface area (Å²) in [5.74, 6) is 0.101. The lowest BCUT2D eigenvalue weighted by molar-refractivity contribution is -0.0679. The van der Waals surface area contributed by atoms with Gasteiger partial charge in [0, 0.05) is 31.5 Å². The maximum Gasteiger partial charge on any atom is 0.253 e. The summed E-state index contributed by atoms with van der Waals surface area (Å²) in [5.41, 5.74) is 3.32. The van der Waals surface area contributed by atoms with Crippen LogP contribution in [0.4, 0.5) is 0 Å². The number of carbonyl (C=O) groups excluding carboxylic acids is 1. The van der Waals surface area contributed by atoms with Crippen LogP contribution in [0.15, 0.2) is 41.0 Å². The van der Waals surface area contributed by atoms with E-state index in [0.717, 1.165) is 23.0 Å². The van der Waals surface area contributed by atoms with Crippen molar-refractivity contribution in [3.8, 4) is 0 Å². The monoisotopic (exact) mass is 322 g/mol. The van der Waals surface area contributed by atoms with Gasteiger partial charge in [-0.05, 0) is 34.1 Å². The van der Waals surface area contributed by atoms with E-state index in [0.29, 0.717) is 13.1 Å². The summed E-state index contributed by atoms with van der Waals surface area (Å²) in [5, 5.41) is 0. The van der Waals surface area contributed by atoms with Crippen LogP contribution in [-0.2, 0) is 4.84 Å². The van der Waals surface area contributed by atoms with Gasteiger partial charge in [0.05, 0.1) is 0 Å². The molecule has 0 aromatic heterocycles. The van der Waals surface area contributed by atoms with Gasteiger partial charge < -0.3 is 4.90 Å². The van der Waals surface area contributed by atoms with Gasteiger partial charge in [-0.1, -0.05) is 18.2 Å². The molecule has 100 valence electrons. The van der Waals surface area contributed by atoms with Crippen LogP contribution in [-0.4, -0.2) is 29.5 Å². The van der Waals surface area contributed by atoms with Gasteiger partial charge in [0.1, 0.15) is 10.2 Å². The van der Waals surface area contributed by atoms with Gasteiger partial charge in [-0.2, -0.15) is 0 Å². The smallest absolute Gasteiger partial charge is 0.253 e. The molecule has 5 heteroatoms. The number of carbonyl (C=O) groups is 1. The highest BCUT2D eigenvalue weighted by molar-refractivity contribution is 9.11. The lowest BCUT2D eigenvalue weighted by atomic mass is 9.91. The van der Waals surface area contributed by atoms with Crippen LogP contribution < -0.4 is 5.48 Å². The molecule has 1 aromatic carbocycles. The summed E-state index contributed by atoms with van der Waals surface area (Å²) in [7, 11) is 0. The fourth-order valence-corrected chi connectivity index (χ4v) is 3.04. The molecule has 4 nitrogen and oxygen atoms in total. The molecule has 0 saturated carbocycles. The van der Waals surface area contributed by atoms with Crippen LogP contribution in [0.1, 0.15) is 23.2 Å². The Kier molecular flexibility index (Phi) is 3.33. The molecule has 2 aliphatic rings. The van der Waals surface area contributed by atoms with Crippen molar-refractivity contribution in [1.82, 2.24) is 10.4 Å². The van der Waals surface area contributed by atoms with E-state index in [-0.39, 0.29) is 11.5 Å². The second-order valence-corrected chi connectivity index (χ2v) is 5.77. The number of hydrogen-bond acceptors (Lipinski definition) is 3. The maximum absolute atomic E-state index is 12.3. The Morgan fingerprint density at radius 2 is 1.95 bits per heavy atom. The second-order valence-electron chi connectivity index (χ2n) is 4.92. The van der Waals surface area contributed by atoms with E-state index in [1.165, 1.54) is 0 Å². The van der Waals surface area contributed by atoms with Gasteiger partial charge >= 0.3 is 0 Å².